The molecule has 1 aromatic heterocycles. The second kappa shape index (κ2) is 18.4. The number of phenolic OH excluding ortho intramolecular Hbond substituents is 3. The maximum absolute atomic E-state index is 14.0. The van der Waals surface area contributed by atoms with Gasteiger partial charge in [0.1, 0.15) is 30.0 Å². The van der Waals surface area contributed by atoms with Crippen LogP contribution in [-0.2, 0) is 11.0 Å². The minimum Gasteiger partial charge on any atom is -0.670 e. The van der Waals surface area contributed by atoms with Gasteiger partial charge in [0.05, 0.1) is 26.9 Å². The van der Waals surface area contributed by atoms with Crippen LogP contribution in [0.1, 0.15) is 137 Å². The fourth-order valence-electron chi connectivity index (χ4n) is 14.8. The Morgan fingerprint density at radius 2 is 1.72 bits per heavy atom. The molecule has 0 radical (unpaired) electrons. The summed E-state index contributed by atoms with van der Waals surface area (Å²) in [6.07, 6.45) is 14.7. The average Bonchev–Trinajstić information content (AvgIpc) is 3.92. The number of hydrogen-bond acceptors (Lipinski definition) is 14. The number of nitrogens with zero attached hydrogens (tertiary/aromatic N) is 1. The van der Waals surface area contributed by atoms with Crippen LogP contribution in [0.5, 0.6) is 40.2 Å². The van der Waals surface area contributed by atoms with Gasteiger partial charge in [-0.1, -0.05) is 88.4 Å². The van der Waals surface area contributed by atoms with Gasteiger partial charge in [-0.15, -0.1) is 0 Å². The molecule has 3 aromatic carbocycles. The molecule has 9 aliphatic rings. The second-order valence-electron chi connectivity index (χ2n) is 22.2. The highest BCUT2D eigenvalue weighted by Crippen LogP contribution is 2.74. The molecular weight excluding hydrogens is 975 g/mol. The van der Waals surface area contributed by atoms with Gasteiger partial charge in [0.15, 0.2) is 17.1 Å². The number of phenols is 3. The number of ether oxygens (including phenoxy) is 4. The Morgan fingerprint density at radius 3 is 2.48 bits per heavy atom. The topological polar surface area (TPSA) is 172 Å². The monoisotopic (exact) mass is 1040 g/mol. The third-order valence-corrected chi connectivity index (χ3v) is 25.2. The third-order valence-electron chi connectivity index (χ3n) is 18.2. The Morgan fingerprint density at radius 1 is 0.887 bits per heavy atom. The van der Waals surface area contributed by atoms with Gasteiger partial charge >= 0.3 is 0 Å². The Kier molecular flexibility index (Phi) is 12.6. The van der Waals surface area contributed by atoms with Crippen molar-refractivity contribution >= 4 is 48.7 Å². The first kappa shape index (κ1) is 48.5. The summed E-state index contributed by atoms with van der Waals surface area (Å²) in [5, 5.41) is 72.8. The highest BCUT2D eigenvalue weighted by molar-refractivity contribution is 8.78. The van der Waals surface area contributed by atoms with Crippen LogP contribution < -0.4 is 23.9 Å². The van der Waals surface area contributed by atoms with Crippen molar-refractivity contribution in [1.29, 1.82) is 0 Å². The maximum atomic E-state index is 14.0. The molecule has 5 aliphatic carbocycles. The molecule has 11 nitrogen and oxygen atoms in total. The molecule has 4 aliphatic heterocycles. The summed E-state index contributed by atoms with van der Waals surface area (Å²) in [7, 11) is 9.30. The molecule has 13 rings (SSSR count). The van der Waals surface area contributed by atoms with Gasteiger partial charge in [0.2, 0.25) is 11.5 Å². The summed E-state index contributed by atoms with van der Waals surface area (Å²) in [4.78, 5) is 4.68. The predicted molar refractivity (Wildman–Crippen MR) is 284 cm³/mol. The average molecular weight is 1040 g/mol. The molecule has 2 saturated carbocycles. The van der Waals surface area contributed by atoms with Crippen LogP contribution in [0, 0.1) is 17.8 Å². The highest BCUT2D eigenvalue weighted by Gasteiger charge is 2.67. The van der Waals surface area contributed by atoms with Crippen LogP contribution in [0.25, 0.3) is 16.7 Å². The third kappa shape index (κ3) is 7.40. The van der Waals surface area contributed by atoms with E-state index in [2.05, 4.69) is 31.1 Å². The lowest BCUT2D eigenvalue weighted by molar-refractivity contribution is -0.125. The van der Waals surface area contributed by atoms with Crippen LogP contribution in [0.15, 0.2) is 54.4 Å². The summed E-state index contributed by atoms with van der Waals surface area (Å²) in [5.74, 6) is 1.16. The molecule has 5 heterocycles. The zero-order valence-electron chi connectivity index (χ0n) is 40.8. The quantitative estimate of drug-likeness (QED) is 0.0783. The predicted octanol–water partition coefficient (Wildman–Crippen LogP) is 11.3. The number of hydrogen-bond donors (Lipinski definition) is 6. The molecule has 10 bridgehead atoms. The standard InChI is InChI=1S/C56H66NO10S4/c1-30(2)11-19-65-42-25-39(49(61)51(64-3)50(42)62)56-16-15-55-14-9-31-22-38-37-24-34(60)7-8-35(37)44-40(66-20-18-58)26-41(67-56)45(48(55)52(56)63)47(44)53(38,28-59)29-68-70-54(12-5-4-6-13-54)46-36(32-10-17-57-27-32)21-33(31)23-43(46)69-71-55/h7-8,10,17,24-27,30-31,33,38,43,48,52,58-63H,4-6,9,11-16,18-23,28-29H2,1-3H3/q-1. The Bertz CT molecular complexity index is 2740. The molecule has 2 spiro atoms. The molecule has 6 N–H and O–H groups in total. The van der Waals surface area contributed by atoms with Crippen molar-refractivity contribution in [3.05, 3.63) is 82.2 Å². The lowest BCUT2D eigenvalue weighted by Gasteiger charge is -2.60. The zero-order chi connectivity index (χ0) is 49.0. The van der Waals surface area contributed by atoms with E-state index in [9.17, 15) is 30.6 Å². The molecule has 380 valence electrons. The van der Waals surface area contributed by atoms with E-state index < -0.39 is 27.8 Å². The van der Waals surface area contributed by atoms with Crippen molar-refractivity contribution in [2.24, 2.45) is 17.8 Å². The molecule has 9 atom stereocenters. The number of methoxy groups -OCH3 is 1. The number of fused-ring (bicyclic) bond motifs is 7. The van der Waals surface area contributed by atoms with Gasteiger partial charge in [0, 0.05) is 54.6 Å². The largest absolute Gasteiger partial charge is 0.670 e. The van der Waals surface area contributed by atoms with E-state index in [4.69, 9.17) is 18.9 Å². The van der Waals surface area contributed by atoms with Gasteiger partial charge < -0.3 is 54.6 Å². The summed E-state index contributed by atoms with van der Waals surface area (Å²) >= 11 is 0. The van der Waals surface area contributed by atoms with E-state index in [-0.39, 0.29) is 76.0 Å². The van der Waals surface area contributed by atoms with Gasteiger partial charge in [-0.3, -0.25) is 0 Å². The van der Waals surface area contributed by atoms with Gasteiger partial charge in [-0.05, 0) is 139 Å². The van der Waals surface area contributed by atoms with Crippen molar-refractivity contribution in [3.63, 3.8) is 0 Å². The minimum absolute atomic E-state index is 0.00343. The summed E-state index contributed by atoms with van der Waals surface area (Å²) in [6, 6.07) is 11.4. The number of allylic oxidation sites excluding steroid dienone is 1. The SMILES string of the molecule is COc1c(O)c(OCCC(C)C)cc(C23CCC45CCC6CC7c8cc(O)ccc8-c8c(OCCO)cc(c(c8C7(CO)CSSC7(CCCCC7)C7=C(c8cc[n-]c8)CC6CC7SS4)C5C2O)O3)c1O. The highest BCUT2D eigenvalue weighted by atomic mass is 33.1. The van der Waals surface area contributed by atoms with E-state index in [1.165, 1.54) is 24.7 Å². The first-order chi connectivity index (χ1) is 34.4. The minimum atomic E-state index is -1.54. The second-order valence-corrected chi connectivity index (χ2v) is 27.7. The van der Waals surface area contributed by atoms with Crippen LogP contribution in [0.2, 0.25) is 0 Å². The summed E-state index contributed by atoms with van der Waals surface area (Å²) in [6.45, 7) is 4.11. The normalized spacial score (nSPS) is 32.0. The van der Waals surface area contributed by atoms with Crippen LogP contribution in [0.3, 0.4) is 0 Å². The summed E-state index contributed by atoms with van der Waals surface area (Å²) < 4.78 is 25.5. The number of benzene rings is 3. The first-order valence-electron chi connectivity index (χ1n) is 25.9. The van der Waals surface area contributed by atoms with Gasteiger partial charge in [-0.2, -0.15) is 12.4 Å². The number of aromatic nitrogens is 1. The first-order valence-corrected chi connectivity index (χ1v) is 30.4. The van der Waals surface area contributed by atoms with Crippen molar-refractivity contribution in [1.82, 2.24) is 4.98 Å². The van der Waals surface area contributed by atoms with Crippen molar-refractivity contribution in [2.45, 2.75) is 141 Å². The number of aromatic hydroxyl groups is 3. The molecule has 4 fully saturated rings. The van der Waals surface area contributed by atoms with E-state index in [0.29, 0.717) is 48.5 Å². The number of aliphatic hydroxyl groups excluding tert-OH is 3. The molecule has 15 heteroatoms. The maximum Gasteiger partial charge on any atom is 0.207 e. The number of rotatable bonds is 11. The van der Waals surface area contributed by atoms with Crippen molar-refractivity contribution in [2.75, 3.05) is 39.3 Å². The number of aliphatic hydroxyl groups is 3. The lowest BCUT2D eigenvalue weighted by atomic mass is 9.52. The van der Waals surface area contributed by atoms with E-state index >= 15 is 0 Å². The fraction of sp³-hybridized carbons (Fsp3) is 0.571. The van der Waals surface area contributed by atoms with Crippen molar-refractivity contribution < 1.29 is 49.6 Å². The fourth-order valence-corrected chi connectivity index (χ4v) is 23.0. The van der Waals surface area contributed by atoms with E-state index in [1.807, 2.05) is 67.6 Å². The molecule has 4 aromatic rings. The Balaban J connectivity index is 1.17. The van der Waals surface area contributed by atoms with Crippen molar-refractivity contribution in [3.8, 4) is 51.4 Å². The van der Waals surface area contributed by atoms with Gasteiger partial charge in [-0.25, -0.2) is 0 Å². The molecular formula is C56H66NO10S4-. The Labute approximate surface area is 432 Å². The zero-order valence-corrected chi connectivity index (χ0v) is 44.1. The molecule has 71 heavy (non-hydrogen) atoms. The molecule has 2 saturated heterocycles. The van der Waals surface area contributed by atoms with Gasteiger partial charge in [0.25, 0.3) is 0 Å². The molecule has 9 unspecified atom stereocenters. The summed E-state index contributed by atoms with van der Waals surface area (Å²) in [5.41, 5.74) is 6.55. The van der Waals surface area contributed by atoms with Crippen LogP contribution in [0.4, 0.5) is 0 Å². The smallest absolute Gasteiger partial charge is 0.207 e. The Hall–Kier alpha value is -3.44. The van der Waals surface area contributed by atoms with Crippen LogP contribution >= 0.6 is 43.2 Å². The van der Waals surface area contributed by atoms with E-state index in [0.717, 1.165) is 92.0 Å². The van der Waals surface area contributed by atoms with E-state index in [1.54, 1.807) is 17.7 Å². The van der Waals surface area contributed by atoms with Crippen LogP contribution in [-0.4, -0.2) is 90.8 Å². The lowest BCUT2D eigenvalue weighted by Crippen LogP contribution is -2.61. The molecule has 0 amide bonds.